The van der Waals surface area contributed by atoms with Crippen molar-refractivity contribution >= 4 is 17.4 Å². The summed E-state index contributed by atoms with van der Waals surface area (Å²) in [5.74, 6) is -0.453. The van der Waals surface area contributed by atoms with Crippen molar-refractivity contribution in [2.45, 2.75) is 40.2 Å². The van der Waals surface area contributed by atoms with E-state index in [-0.39, 0.29) is 11.3 Å². The van der Waals surface area contributed by atoms with E-state index in [0.29, 0.717) is 11.3 Å². The van der Waals surface area contributed by atoms with Crippen LogP contribution in [0.15, 0.2) is 28.9 Å². The Morgan fingerprint density at radius 3 is 2.62 bits per heavy atom. The topological polar surface area (TPSA) is 79.8 Å². The van der Waals surface area contributed by atoms with Crippen molar-refractivity contribution < 1.29 is 14.3 Å². The lowest BCUT2D eigenvalue weighted by Gasteiger charge is -2.23. The van der Waals surface area contributed by atoms with Gasteiger partial charge in [0.25, 0.3) is 0 Å². The number of aryl methyl sites for hydroxylation is 2. The van der Waals surface area contributed by atoms with E-state index >= 15 is 0 Å². The van der Waals surface area contributed by atoms with Gasteiger partial charge in [0, 0.05) is 11.2 Å². The first kappa shape index (κ1) is 16.1. The second-order valence-corrected chi connectivity index (χ2v) is 7.02. The lowest BCUT2D eigenvalue weighted by molar-refractivity contribution is 0.0663. The van der Waals surface area contributed by atoms with E-state index in [1.165, 1.54) is 6.26 Å². The average molecular weight is 327 g/mol. The number of anilines is 1. The molecular weight excluding hydrogens is 306 g/mol. The first-order chi connectivity index (χ1) is 11.2. The SMILES string of the molecule is Cc1cc(C)n2c(NC(C)(C)C)c(-c3ccoc3C(=O)O)nc2c1. The normalized spacial score (nSPS) is 11.9. The number of carboxylic acid groups (broad SMARTS) is 1. The van der Waals surface area contributed by atoms with Crippen LogP contribution in [-0.2, 0) is 0 Å². The maximum Gasteiger partial charge on any atom is 0.372 e. The van der Waals surface area contributed by atoms with Gasteiger partial charge in [-0.1, -0.05) is 0 Å². The number of nitrogens with zero attached hydrogens (tertiary/aromatic N) is 2. The van der Waals surface area contributed by atoms with Crippen LogP contribution in [0.25, 0.3) is 16.9 Å². The number of hydrogen-bond acceptors (Lipinski definition) is 4. The number of furan rings is 1. The van der Waals surface area contributed by atoms with Crippen LogP contribution >= 0.6 is 0 Å². The zero-order valence-electron chi connectivity index (χ0n) is 14.5. The molecule has 0 atom stereocenters. The fourth-order valence-electron chi connectivity index (χ4n) is 2.85. The lowest BCUT2D eigenvalue weighted by Crippen LogP contribution is -2.27. The van der Waals surface area contributed by atoms with Gasteiger partial charge < -0.3 is 14.8 Å². The van der Waals surface area contributed by atoms with Crippen LogP contribution in [0.2, 0.25) is 0 Å². The van der Waals surface area contributed by atoms with E-state index in [1.807, 2.05) is 45.1 Å². The van der Waals surface area contributed by atoms with E-state index in [0.717, 1.165) is 22.7 Å². The third-order valence-corrected chi connectivity index (χ3v) is 3.66. The summed E-state index contributed by atoms with van der Waals surface area (Å²) in [6, 6.07) is 5.69. The molecule has 0 aliphatic heterocycles. The molecule has 6 heteroatoms. The predicted molar refractivity (Wildman–Crippen MR) is 92.7 cm³/mol. The first-order valence-corrected chi connectivity index (χ1v) is 7.76. The van der Waals surface area contributed by atoms with Crippen LogP contribution in [0.1, 0.15) is 42.6 Å². The summed E-state index contributed by atoms with van der Waals surface area (Å²) < 4.78 is 7.15. The van der Waals surface area contributed by atoms with Crippen LogP contribution in [0, 0.1) is 13.8 Å². The van der Waals surface area contributed by atoms with Crippen molar-refractivity contribution in [1.82, 2.24) is 9.38 Å². The molecule has 126 valence electrons. The van der Waals surface area contributed by atoms with Gasteiger partial charge in [-0.3, -0.25) is 4.40 Å². The number of pyridine rings is 1. The van der Waals surface area contributed by atoms with Gasteiger partial charge in [-0.15, -0.1) is 0 Å². The first-order valence-electron chi connectivity index (χ1n) is 7.76. The molecule has 0 amide bonds. The van der Waals surface area contributed by atoms with Crippen LogP contribution in [0.5, 0.6) is 0 Å². The van der Waals surface area contributed by atoms with Crippen molar-refractivity contribution in [3.63, 3.8) is 0 Å². The maximum atomic E-state index is 11.4. The Hall–Kier alpha value is -2.76. The Labute approximate surface area is 140 Å². The van der Waals surface area contributed by atoms with Gasteiger partial charge in [0.05, 0.1) is 11.8 Å². The van der Waals surface area contributed by atoms with Crippen molar-refractivity contribution in [2.75, 3.05) is 5.32 Å². The highest BCUT2D eigenvalue weighted by Gasteiger charge is 2.25. The Bertz CT molecular complexity index is 929. The predicted octanol–water partition coefficient (Wildman–Crippen LogP) is 4.12. The van der Waals surface area contributed by atoms with E-state index in [1.54, 1.807) is 6.07 Å². The van der Waals surface area contributed by atoms with Gasteiger partial charge in [0.15, 0.2) is 0 Å². The Kier molecular flexibility index (Phi) is 3.63. The molecular formula is C18H21N3O3. The van der Waals surface area contributed by atoms with Gasteiger partial charge >= 0.3 is 5.97 Å². The minimum atomic E-state index is -1.11. The molecule has 3 aromatic heterocycles. The Balaban J connectivity index is 2.34. The van der Waals surface area contributed by atoms with E-state index in [2.05, 4.69) is 16.4 Å². The number of rotatable bonds is 3. The minimum absolute atomic E-state index is 0.107. The highest BCUT2D eigenvalue weighted by molar-refractivity contribution is 5.95. The number of aromatic nitrogens is 2. The van der Waals surface area contributed by atoms with Gasteiger partial charge in [0.2, 0.25) is 5.76 Å². The van der Waals surface area contributed by atoms with Crippen molar-refractivity contribution in [2.24, 2.45) is 0 Å². The van der Waals surface area contributed by atoms with Crippen LogP contribution in [0.3, 0.4) is 0 Å². The van der Waals surface area contributed by atoms with Crippen LogP contribution < -0.4 is 5.32 Å². The van der Waals surface area contributed by atoms with Gasteiger partial charge in [-0.25, -0.2) is 9.78 Å². The number of aromatic carboxylic acids is 1. The molecule has 3 heterocycles. The summed E-state index contributed by atoms with van der Waals surface area (Å²) >= 11 is 0. The molecule has 0 unspecified atom stereocenters. The smallest absolute Gasteiger partial charge is 0.372 e. The van der Waals surface area contributed by atoms with Gasteiger partial charge in [0.1, 0.15) is 17.2 Å². The molecule has 3 aromatic rings. The molecule has 2 N–H and O–H groups in total. The molecule has 0 spiro atoms. The highest BCUT2D eigenvalue weighted by atomic mass is 16.4. The molecule has 0 aromatic carbocycles. The molecule has 0 saturated carbocycles. The lowest BCUT2D eigenvalue weighted by atomic mass is 10.1. The number of imidazole rings is 1. The number of nitrogens with one attached hydrogen (secondary N) is 1. The highest BCUT2D eigenvalue weighted by Crippen LogP contribution is 2.34. The van der Waals surface area contributed by atoms with Crippen LogP contribution in [0.4, 0.5) is 5.82 Å². The molecule has 0 bridgehead atoms. The van der Waals surface area contributed by atoms with Gasteiger partial charge in [-0.2, -0.15) is 0 Å². The number of fused-ring (bicyclic) bond motifs is 1. The standard InChI is InChI=1S/C18H21N3O3/c1-10-8-11(2)21-13(9-10)19-14(16(21)20-18(3,4)5)12-6-7-24-15(12)17(22)23/h6-9,20H,1-5H3,(H,22,23). The molecule has 3 rings (SSSR count). The second-order valence-electron chi connectivity index (χ2n) is 7.02. The van der Waals surface area contributed by atoms with Crippen molar-refractivity contribution in [3.8, 4) is 11.3 Å². The van der Waals surface area contributed by atoms with Crippen molar-refractivity contribution in [1.29, 1.82) is 0 Å². The van der Waals surface area contributed by atoms with E-state index in [4.69, 9.17) is 4.42 Å². The molecule has 0 saturated heterocycles. The largest absolute Gasteiger partial charge is 0.475 e. The zero-order valence-corrected chi connectivity index (χ0v) is 14.5. The quantitative estimate of drug-likeness (QED) is 0.756. The Morgan fingerprint density at radius 2 is 2.00 bits per heavy atom. The third kappa shape index (κ3) is 2.75. The second kappa shape index (κ2) is 5.40. The number of carboxylic acids is 1. The third-order valence-electron chi connectivity index (χ3n) is 3.66. The number of carbonyl (C=O) groups is 1. The molecule has 6 nitrogen and oxygen atoms in total. The summed E-state index contributed by atoms with van der Waals surface area (Å²) in [5, 5.41) is 12.8. The molecule has 0 radical (unpaired) electrons. The molecule has 0 aliphatic rings. The summed E-state index contributed by atoms with van der Waals surface area (Å²) in [4.78, 5) is 16.1. The van der Waals surface area contributed by atoms with E-state index in [9.17, 15) is 9.90 Å². The zero-order chi connectivity index (χ0) is 17.6. The molecule has 24 heavy (non-hydrogen) atoms. The summed E-state index contributed by atoms with van der Waals surface area (Å²) in [6.07, 6.45) is 1.38. The van der Waals surface area contributed by atoms with E-state index < -0.39 is 5.97 Å². The Morgan fingerprint density at radius 1 is 1.29 bits per heavy atom. The van der Waals surface area contributed by atoms with Crippen molar-refractivity contribution in [3.05, 3.63) is 41.5 Å². The van der Waals surface area contributed by atoms with Gasteiger partial charge in [-0.05, 0) is 58.4 Å². The molecule has 0 aliphatic carbocycles. The summed E-state index contributed by atoms with van der Waals surface area (Å²) in [5.41, 5.74) is 3.72. The minimum Gasteiger partial charge on any atom is -0.475 e. The maximum absolute atomic E-state index is 11.4. The van der Waals surface area contributed by atoms with Crippen LogP contribution in [-0.4, -0.2) is 26.0 Å². The average Bonchev–Trinajstić information content (AvgIpc) is 3.01. The molecule has 0 fully saturated rings. The summed E-state index contributed by atoms with van der Waals surface area (Å²) in [6.45, 7) is 10.2. The summed E-state index contributed by atoms with van der Waals surface area (Å²) in [7, 11) is 0. The monoisotopic (exact) mass is 327 g/mol. The number of hydrogen-bond donors (Lipinski definition) is 2. The fraction of sp³-hybridized carbons (Fsp3) is 0.333. The fourth-order valence-corrected chi connectivity index (χ4v) is 2.85.